The average Bonchev–Trinajstić information content (AvgIpc) is 3.51. The first kappa shape index (κ1) is 36.5. The van der Waals surface area contributed by atoms with E-state index in [0.717, 1.165) is 8.58 Å². The highest BCUT2D eigenvalue weighted by molar-refractivity contribution is 14.1. The third kappa shape index (κ3) is 5.52. The van der Waals surface area contributed by atoms with Crippen molar-refractivity contribution in [1.29, 1.82) is 0 Å². The van der Waals surface area contributed by atoms with Crippen molar-refractivity contribution < 1.29 is 37.5 Å². The Morgan fingerprint density at radius 1 is 0.926 bits per heavy atom. The smallest absolute Gasteiger partial charge is 0.417 e. The van der Waals surface area contributed by atoms with Crippen molar-refractivity contribution in [1.82, 2.24) is 9.99 Å². The number of benzene rings is 3. The summed E-state index contributed by atoms with van der Waals surface area (Å²) >= 11 is 14.7. The van der Waals surface area contributed by atoms with Crippen molar-refractivity contribution >= 4 is 80.9 Å². The number of halogens is 6. The van der Waals surface area contributed by atoms with Crippen LogP contribution in [0, 0.1) is 34.2 Å². The number of fused-ring (bicyclic) bond motifs is 4. The minimum Gasteiger partial charge on any atom is -0.508 e. The Bertz CT molecular complexity index is 2300. The quantitative estimate of drug-likeness (QED) is 0.118. The molecule has 9 nitrogen and oxygen atoms in total. The van der Waals surface area contributed by atoms with Gasteiger partial charge in [-0.3, -0.25) is 29.5 Å². The molecule has 4 amide bonds. The molecule has 276 valence electrons. The SMILES string of the molecule is Cc1cc(C2C3=CCC4C(=O)N(c5ccc(I)cc5)C(=O)C4C3CC3C(=O)N(Nc4ncc(C(F)(F)F)cc4Cl)C(=O)C32c2ccc(Cl)cc2)ccc1O. The van der Waals surface area contributed by atoms with Crippen LogP contribution in [0.25, 0.3) is 0 Å². The predicted molar refractivity (Wildman–Crippen MR) is 201 cm³/mol. The van der Waals surface area contributed by atoms with E-state index in [1.165, 1.54) is 11.0 Å². The summed E-state index contributed by atoms with van der Waals surface area (Å²) in [5.74, 6) is -6.85. The number of rotatable bonds is 5. The maximum Gasteiger partial charge on any atom is 0.417 e. The van der Waals surface area contributed by atoms with Crippen LogP contribution < -0.4 is 10.3 Å². The van der Waals surface area contributed by atoms with E-state index in [0.29, 0.717) is 45.2 Å². The number of allylic oxidation sites excluding steroid dienone is 2. The summed E-state index contributed by atoms with van der Waals surface area (Å²) in [6.07, 6.45) is -2.11. The maximum atomic E-state index is 15.3. The molecule has 15 heteroatoms. The summed E-state index contributed by atoms with van der Waals surface area (Å²) in [5.41, 5.74) is 2.43. The zero-order valence-corrected chi connectivity index (χ0v) is 31.7. The van der Waals surface area contributed by atoms with Gasteiger partial charge in [0.15, 0.2) is 5.82 Å². The van der Waals surface area contributed by atoms with Gasteiger partial charge in [-0.15, -0.1) is 0 Å². The third-order valence-corrected chi connectivity index (χ3v) is 12.5. The maximum absolute atomic E-state index is 15.3. The number of carbonyl (C=O) groups excluding carboxylic acids is 4. The van der Waals surface area contributed by atoms with Crippen molar-refractivity contribution in [2.75, 3.05) is 10.3 Å². The molecule has 1 aromatic heterocycles. The number of aryl methyl sites for hydroxylation is 1. The van der Waals surface area contributed by atoms with Crippen molar-refractivity contribution in [3.8, 4) is 5.75 Å². The van der Waals surface area contributed by atoms with Gasteiger partial charge in [-0.05, 0) is 113 Å². The lowest BCUT2D eigenvalue weighted by Gasteiger charge is -2.50. The van der Waals surface area contributed by atoms with E-state index in [9.17, 15) is 32.7 Å². The van der Waals surface area contributed by atoms with E-state index in [1.807, 2.05) is 6.08 Å². The fourth-order valence-corrected chi connectivity index (χ4v) is 9.55. The molecular formula is C39H28Cl2F3IN4O5. The second kappa shape index (κ2) is 13.1. The molecule has 3 fully saturated rings. The molecule has 8 rings (SSSR count). The van der Waals surface area contributed by atoms with Crippen LogP contribution in [-0.2, 0) is 30.8 Å². The summed E-state index contributed by atoms with van der Waals surface area (Å²) < 4.78 is 41.3. The number of phenols is 1. The number of hydrazine groups is 1. The molecular weight excluding hydrogens is 859 g/mol. The molecule has 2 saturated heterocycles. The van der Waals surface area contributed by atoms with Gasteiger partial charge in [0.1, 0.15) is 5.75 Å². The number of nitrogens with zero attached hydrogens (tertiary/aromatic N) is 3. The van der Waals surface area contributed by atoms with Crippen LogP contribution >= 0.6 is 45.8 Å². The van der Waals surface area contributed by atoms with Crippen molar-refractivity contribution in [3.63, 3.8) is 0 Å². The number of aromatic nitrogens is 1. The minimum atomic E-state index is -4.74. The number of amides is 4. The standard InChI is InChI=1S/C39H28Cl2F3IN4O5/c1-18-14-19(2-13-30(18)50)32-25-11-12-26-31(36(53)48(34(26)51)24-9-7-23(45)8-10-24)27(25)16-28-35(52)49(37(54)38(28,32)20-3-5-22(40)6-4-20)47-33-29(41)15-21(17-46-33)39(42,43)44/h2-11,13-15,17,26-28,31-32,50H,12,16H2,1H3,(H,46,47). The van der Waals surface area contributed by atoms with Crippen LogP contribution in [-0.4, -0.2) is 38.7 Å². The number of hydrogen-bond donors (Lipinski definition) is 2. The van der Waals surface area contributed by atoms with Crippen LogP contribution in [0.4, 0.5) is 24.7 Å². The third-order valence-electron chi connectivity index (χ3n) is 11.2. The van der Waals surface area contributed by atoms with Gasteiger partial charge in [0.2, 0.25) is 11.8 Å². The Hall–Kier alpha value is -4.47. The van der Waals surface area contributed by atoms with Crippen LogP contribution in [0.5, 0.6) is 5.75 Å². The van der Waals surface area contributed by atoms with Gasteiger partial charge in [0.25, 0.3) is 11.8 Å². The molecule has 2 aliphatic heterocycles. The van der Waals surface area contributed by atoms with Crippen LogP contribution in [0.15, 0.2) is 90.6 Å². The van der Waals surface area contributed by atoms with Gasteiger partial charge in [-0.1, -0.05) is 59.1 Å². The van der Waals surface area contributed by atoms with Crippen LogP contribution in [0.1, 0.15) is 41.0 Å². The van der Waals surface area contributed by atoms with E-state index in [2.05, 4.69) is 33.0 Å². The average molecular weight is 887 g/mol. The highest BCUT2D eigenvalue weighted by atomic mass is 127. The monoisotopic (exact) mass is 886 g/mol. The number of phenolic OH excluding ortho intramolecular Hbond substituents is 1. The molecule has 3 heterocycles. The molecule has 6 unspecified atom stereocenters. The number of imide groups is 2. The number of alkyl halides is 3. The second-order valence-electron chi connectivity index (χ2n) is 14.0. The van der Waals surface area contributed by atoms with Gasteiger partial charge in [0.05, 0.1) is 39.4 Å². The Balaban J connectivity index is 1.31. The topological polar surface area (TPSA) is 120 Å². The molecule has 4 aromatic rings. The van der Waals surface area contributed by atoms with E-state index >= 15 is 4.79 Å². The molecule has 6 atom stereocenters. The summed E-state index contributed by atoms with van der Waals surface area (Å²) in [7, 11) is 0. The van der Waals surface area contributed by atoms with Crippen molar-refractivity contribution in [2.45, 2.75) is 37.3 Å². The number of nitrogens with one attached hydrogen (secondary N) is 1. The van der Waals surface area contributed by atoms with E-state index in [1.54, 1.807) is 67.6 Å². The summed E-state index contributed by atoms with van der Waals surface area (Å²) in [4.78, 5) is 63.5. The molecule has 2 aliphatic carbocycles. The number of carbonyl (C=O) groups is 4. The van der Waals surface area contributed by atoms with Gasteiger partial charge in [-0.25, -0.2) is 4.98 Å². The Labute approximate surface area is 330 Å². The highest BCUT2D eigenvalue weighted by Gasteiger charge is 2.70. The van der Waals surface area contributed by atoms with E-state index < -0.39 is 69.5 Å². The zero-order chi connectivity index (χ0) is 38.4. The number of anilines is 2. The van der Waals surface area contributed by atoms with E-state index in [4.69, 9.17) is 23.2 Å². The van der Waals surface area contributed by atoms with Crippen molar-refractivity contribution in [3.05, 3.63) is 127 Å². The van der Waals surface area contributed by atoms with Crippen LogP contribution in [0.3, 0.4) is 0 Å². The fourth-order valence-electron chi connectivity index (χ4n) is 8.86. The molecule has 4 aliphatic rings. The lowest BCUT2D eigenvalue weighted by atomic mass is 9.49. The first-order valence-electron chi connectivity index (χ1n) is 16.9. The van der Waals surface area contributed by atoms with Crippen molar-refractivity contribution in [2.24, 2.45) is 23.7 Å². The molecule has 1 saturated carbocycles. The molecule has 0 radical (unpaired) electrons. The Morgan fingerprint density at radius 3 is 2.28 bits per heavy atom. The summed E-state index contributed by atoms with van der Waals surface area (Å²) in [6.45, 7) is 1.70. The molecule has 3 aromatic carbocycles. The zero-order valence-electron chi connectivity index (χ0n) is 28.1. The second-order valence-corrected chi connectivity index (χ2v) is 16.0. The predicted octanol–water partition coefficient (Wildman–Crippen LogP) is 8.22. The van der Waals surface area contributed by atoms with Gasteiger partial charge >= 0.3 is 6.18 Å². The van der Waals surface area contributed by atoms with Gasteiger partial charge in [-0.2, -0.15) is 18.2 Å². The Morgan fingerprint density at radius 2 is 1.63 bits per heavy atom. The molecule has 0 spiro atoms. The number of hydrogen-bond acceptors (Lipinski definition) is 7. The molecule has 54 heavy (non-hydrogen) atoms. The summed E-state index contributed by atoms with van der Waals surface area (Å²) in [5, 5.41) is 11.2. The highest BCUT2D eigenvalue weighted by Crippen LogP contribution is 2.64. The normalized spacial score (nSPS) is 26.4. The molecule has 2 N–H and O–H groups in total. The number of aromatic hydroxyl groups is 1. The first-order chi connectivity index (χ1) is 25.6. The lowest BCUT2D eigenvalue weighted by Crippen LogP contribution is -2.53. The lowest BCUT2D eigenvalue weighted by molar-refractivity contribution is -0.139. The summed E-state index contributed by atoms with van der Waals surface area (Å²) in [6, 6.07) is 19.1. The Kier molecular flexibility index (Phi) is 8.85. The van der Waals surface area contributed by atoms with Crippen LogP contribution in [0.2, 0.25) is 10.0 Å². The minimum absolute atomic E-state index is 0.00533. The van der Waals surface area contributed by atoms with Gasteiger partial charge < -0.3 is 5.11 Å². The molecule has 0 bridgehead atoms. The largest absolute Gasteiger partial charge is 0.508 e. The first-order valence-corrected chi connectivity index (χ1v) is 18.7. The number of pyridine rings is 1. The van der Waals surface area contributed by atoms with E-state index in [-0.39, 0.29) is 30.3 Å². The fraction of sp³-hybridized carbons (Fsp3) is 0.256. The van der Waals surface area contributed by atoms with Gasteiger partial charge in [0, 0.05) is 20.7 Å².